The summed E-state index contributed by atoms with van der Waals surface area (Å²) in [5, 5.41) is 2.76. The first kappa shape index (κ1) is 18.6. The Hall–Kier alpha value is -1.78. The number of amides is 2. The SMILES string of the molecule is Cc1ccc([C@@H](NC(=O)N(C)Cc2ccccc2)C(Cl)Cl)cc1F. The lowest BCUT2D eigenvalue weighted by Crippen LogP contribution is -2.41. The number of carbonyl (C=O) groups excluding carboxylic acids is 1. The zero-order valence-electron chi connectivity index (χ0n) is 13.5. The Balaban J connectivity index is 2.09. The molecule has 2 rings (SSSR count). The maximum Gasteiger partial charge on any atom is 0.318 e. The van der Waals surface area contributed by atoms with E-state index in [-0.39, 0.29) is 11.8 Å². The number of benzene rings is 2. The van der Waals surface area contributed by atoms with Crippen molar-refractivity contribution in [2.45, 2.75) is 24.3 Å². The van der Waals surface area contributed by atoms with E-state index in [0.29, 0.717) is 17.7 Å². The van der Waals surface area contributed by atoms with Gasteiger partial charge in [-0.2, -0.15) is 0 Å². The molecule has 3 nitrogen and oxygen atoms in total. The molecule has 0 bridgehead atoms. The summed E-state index contributed by atoms with van der Waals surface area (Å²) >= 11 is 12.0. The van der Waals surface area contributed by atoms with Crippen molar-refractivity contribution >= 4 is 29.2 Å². The van der Waals surface area contributed by atoms with Gasteiger partial charge in [-0.05, 0) is 29.7 Å². The van der Waals surface area contributed by atoms with Crippen LogP contribution < -0.4 is 5.32 Å². The van der Waals surface area contributed by atoms with E-state index in [4.69, 9.17) is 23.2 Å². The molecular formula is C18H19Cl2FN2O. The Morgan fingerprint density at radius 1 is 1.21 bits per heavy atom. The molecule has 2 amide bonds. The van der Waals surface area contributed by atoms with E-state index < -0.39 is 10.9 Å². The van der Waals surface area contributed by atoms with Gasteiger partial charge in [0, 0.05) is 13.6 Å². The molecule has 0 spiro atoms. The number of nitrogens with zero attached hydrogens (tertiary/aromatic N) is 1. The van der Waals surface area contributed by atoms with Crippen LogP contribution in [0.15, 0.2) is 48.5 Å². The summed E-state index contributed by atoms with van der Waals surface area (Å²) in [6, 6.07) is 13.2. The molecule has 24 heavy (non-hydrogen) atoms. The summed E-state index contributed by atoms with van der Waals surface area (Å²) in [6.07, 6.45) is 0. The summed E-state index contributed by atoms with van der Waals surface area (Å²) in [5.41, 5.74) is 2.04. The van der Waals surface area contributed by atoms with E-state index in [0.717, 1.165) is 5.56 Å². The van der Waals surface area contributed by atoms with Crippen LogP contribution >= 0.6 is 23.2 Å². The average Bonchev–Trinajstić information content (AvgIpc) is 2.55. The summed E-state index contributed by atoms with van der Waals surface area (Å²) in [7, 11) is 1.67. The average molecular weight is 369 g/mol. The van der Waals surface area contributed by atoms with Crippen molar-refractivity contribution in [1.82, 2.24) is 10.2 Å². The lowest BCUT2D eigenvalue weighted by atomic mass is 10.1. The Labute approximate surface area is 151 Å². The van der Waals surface area contributed by atoms with Crippen LogP contribution in [0.4, 0.5) is 9.18 Å². The largest absolute Gasteiger partial charge is 0.328 e. The lowest BCUT2D eigenvalue weighted by molar-refractivity contribution is 0.203. The van der Waals surface area contributed by atoms with Gasteiger partial charge in [0.2, 0.25) is 0 Å². The first-order valence-corrected chi connectivity index (χ1v) is 8.35. The van der Waals surface area contributed by atoms with Crippen molar-refractivity contribution in [3.05, 3.63) is 71.0 Å². The normalized spacial score (nSPS) is 12.1. The molecule has 0 unspecified atom stereocenters. The third kappa shape index (κ3) is 4.86. The molecule has 2 aromatic rings. The highest BCUT2D eigenvalue weighted by atomic mass is 35.5. The van der Waals surface area contributed by atoms with Crippen LogP contribution in [0.25, 0.3) is 0 Å². The van der Waals surface area contributed by atoms with Crippen LogP contribution in [0, 0.1) is 12.7 Å². The van der Waals surface area contributed by atoms with E-state index in [1.165, 1.54) is 11.0 Å². The zero-order valence-corrected chi connectivity index (χ0v) is 15.0. The molecular weight excluding hydrogens is 350 g/mol. The van der Waals surface area contributed by atoms with Crippen molar-refractivity contribution in [3.63, 3.8) is 0 Å². The van der Waals surface area contributed by atoms with Gasteiger partial charge in [0.25, 0.3) is 0 Å². The van der Waals surface area contributed by atoms with Crippen LogP contribution in [0.3, 0.4) is 0 Å². The Kier molecular flexibility index (Phi) is 6.46. The second-order valence-electron chi connectivity index (χ2n) is 5.61. The van der Waals surface area contributed by atoms with Crippen LogP contribution in [-0.2, 0) is 6.54 Å². The highest BCUT2D eigenvalue weighted by Crippen LogP contribution is 2.26. The van der Waals surface area contributed by atoms with Crippen LogP contribution in [0.5, 0.6) is 0 Å². The fourth-order valence-electron chi connectivity index (χ4n) is 2.27. The molecule has 1 N–H and O–H groups in total. The van der Waals surface area contributed by atoms with Crippen molar-refractivity contribution in [2.75, 3.05) is 7.05 Å². The Morgan fingerprint density at radius 3 is 2.46 bits per heavy atom. The first-order valence-electron chi connectivity index (χ1n) is 7.48. The van der Waals surface area contributed by atoms with E-state index in [2.05, 4.69) is 5.32 Å². The Morgan fingerprint density at radius 2 is 1.88 bits per heavy atom. The summed E-state index contributed by atoms with van der Waals surface area (Å²) in [5.74, 6) is -0.363. The van der Waals surface area contributed by atoms with Crippen LogP contribution in [-0.4, -0.2) is 22.8 Å². The lowest BCUT2D eigenvalue weighted by Gasteiger charge is -2.25. The molecule has 0 radical (unpaired) electrons. The molecule has 0 saturated heterocycles. The van der Waals surface area contributed by atoms with Crippen molar-refractivity contribution in [3.8, 4) is 0 Å². The standard InChI is InChI=1S/C18H19Cl2FN2O/c1-12-8-9-14(10-15(12)21)16(17(19)20)22-18(24)23(2)11-13-6-4-3-5-7-13/h3-10,16-17H,11H2,1-2H3,(H,22,24)/t16-/m1/s1. The number of carbonyl (C=O) groups is 1. The van der Waals surface area contributed by atoms with E-state index in [9.17, 15) is 9.18 Å². The number of hydrogen-bond acceptors (Lipinski definition) is 1. The van der Waals surface area contributed by atoms with E-state index >= 15 is 0 Å². The molecule has 0 aliphatic carbocycles. The van der Waals surface area contributed by atoms with Gasteiger partial charge in [-0.1, -0.05) is 42.5 Å². The maximum absolute atomic E-state index is 13.8. The number of hydrogen-bond donors (Lipinski definition) is 1. The maximum atomic E-state index is 13.8. The number of alkyl halides is 2. The molecule has 0 heterocycles. The molecule has 128 valence electrons. The van der Waals surface area contributed by atoms with E-state index in [1.54, 1.807) is 26.1 Å². The highest BCUT2D eigenvalue weighted by molar-refractivity contribution is 6.44. The van der Waals surface area contributed by atoms with Crippen molar-refractivity contribution in [1.29, 1.82) is 0 Å². The molecule has 0 aliphatic rings. The van der Waals surface area contributed by atoms with Gasteiger partial charge in [0.15, 0.2) is 0 Å². The quantitative estimate of drug-likeness (QED) is 0.753. The van der Waals surface area contributed by atoms with Gasteiger partial charge < -0.3 is 10.2 Å². The minimum absolute atomic E-state index is 0.337. The molecule has 1 atom stereocenters. The predicted octanol–water partition coefficient (Wildman–Crippen LogP) is 4.82. The number of halogens is 3. The minimum atomic E-state index is -0.902. The second-order valence-corrected chi connectivity index (χ2v) is 6.78. The van der Waals surface area contributed by atoms with Crippen molar-refractivity contribution < 1.29 is 9.18 Å². The van der Waals surface area contributed by atoms with Gasteiger partial charge in [-0.15, -0.1) is 23.2 Å². The van der Waals surface area contributed by atoms with E-state index in [1.807, 2.05) is 30.3 Å². The molecule has 2 aromatic carbocycles. The summed E-state index contributed by atoms with van der Waals surface area (Å²) < 4.78 is 13.8. The fraction of sp³-hybridized carbons (Fsp3) is 0.278. The fourth-order valence-corrected chi connectivity index (χ4v) is 2.68. The highest BCUT2D eigenvalue weighted by Gasteiger charge is 2.23. The smallest absolute Gasteiger partial charge is 0.318 e. The molecule has 0 aromatic heterocycles. The van der Waals surface area contributed by atoms with Crippen LogP contribution in [0.2, 0.25) is 0 Å². The predicted molar refractivity (Wildman–Crippen MR) is 95.8 cm³/mol. The molecule has 0 fully saturated rings. The summed E-state index contributed by atoms with van der Waals surface area (Å²) in [4.78, 5) is 13.0. The monoisotopic (exact) mass is 368 g/mol. The van der Waals surface area contributed by atoms with Crippen molar-refractivity contribution in [2.24, 2.45) is 0 Å². The first-order chi connectivity index (χ1) is 11.4. The van der Waals surface area contributed by atoms with Gasteiger partial charge in [-0.25, -0.2) is 9.18 Å². The van der Waals surface area contributed by atoms with Gasteiger partial charge in [0.05, 0.1) is 6.04 Å². The number of urea groups is 1. The second kappa shape index (κ2) is 8.36. The molecule has 6 heteroatoms. The number of nitrogens with one attached hydrogen (secondary N) is 1. The summed E-state index contributed by atoms with van der Waals surface area (Å²) in [6.45, 7) is 2.11. The third-order valence-electron chi connectivity index (χ3n) is 3.70. The third-order valence-corrected chi connectivity index (χ3v) is 4.20. The van der Waals surface area contributed by atoms with Gasteiger partial charge in [0.1, 0.15) is 10.7 Å². The molecule has 0 saturated carbocycles. The van der Waals surface area contributed by atoms with Crippen LogP contribution in [0.1, 0.15) is 22.7 Å². The Bertz CT molecular complexity index is 695. The number of rotatable bonds is 5. The topological polar surface area (TPSA) is 32.3 Å². The molecule has 0 aliphatic heterocycles. The minimum Gasteiger partial charge on any atom is -0.328 e. The number of aryl methyl sites for hydroxylation is 1. The van der Waals surface area contributed by atoms with Gasteiger partial charge >= 0.3 is 6.03 Å². The zero-order chi connectivity index (χ0) is 17.7. The van der Waals surface area contributed by atoms with Gasteiger partial charge in [-0.3, -0.25) is 0 Å².